The number of rotatable bonds is 5. The zero-order valence-electron chi connectivity index (χ0n) is 15.0. The Morgan fingerprint density at radius 1 is 1.36 bits per heavy atom. The van der Waals surface area contributed by atoms with Gasteiger partial charge in [0.05, 0.1) is 6.61 Å². The van der Waals surface area contributed by atoms with E-state index in [1.165, 1.54) is 45.1 Å². The van der Waals surface area contributed by atoms with Gasteiger partial charge in [-0.3, -0.25) is 4.99 Å². The largest absolute Gasteiger partial charge is 0.477 e. The minimum atomic E-state index is 0. The summed E-state index contributed by atoms with van der Waals surface area (Å²) in [4.78, 5) is 11.3. The van der Waals surface area contributed by atoms with Crippen molar-refractivity contribution >= 4 is 29.9 Å². The summed E-state index contributed by atoms with van der Waals surface area (Å²) in [6.07, 6.45) is 10.0. The van der Waals surface area contributed by atoms with E-state index in [-0.39, 0.29) is 24.0 Å². The lowest BCUT2D eigenvalue weighted by molar-refractivity contribution is 0.151. The van der Waals surface area contributed by atoms with Crippen molar-refractivity contribution in [1.82, 2.24) is 15.2 Å². The zero-order chi connectivity index (χ0) is 16.4. The Morgan fingerprint density at radius 3 is 2.76 bits per heavy atom. The van der Waals surface area contributed by atoms with Gasteiger partial charge in [0.2, 0.25) is 5.88 Å². The van der Waals surface area contributed by atoms with Gasteiger partial charge in [0, 0.05) is 38.9 Å². The number of nitrogens with zero attached hydrogens (tertiary/aromatic N) is 3. The second kappa shape index (κ2) is 8.10. The Morgan fingerprint density at radius 2 is 2.20 bits per heavy atom. The van der Waals surface area contributed by atoms with E-state index in [0.29, 0.717) is 5.41 Å². The van der Waals surface area contributed by atoms with Gasteiger partial charge >= 0.3 is 0 Å². The molecule has 0 radical (unpaired) electrons. The fraction of sp³-hybridized carbons (Fsp3) is 0.684. The summed E-state index contributed by atoms with van der Waals surface area (Å²) in [7, 11) is 1.88. The molecule has 0 bridgehead atoms. The number of aliphatic imine (C=N–C) groups is 1. The lowest BCUT2D eigenvalue weighted by Crippen LogP contribution is -2.42. The van der Waals surface area contributed by atoms with Gasteiger partial charge in [0.25, 0.3) is 0 Å². The standard InChI is InChI=1S/C19H28N4O.HI/c1-20-18(23-10-9-19(14-23)7-2-8-19)22-12-16-5-6-17(21-11-16)24-13-15-3-4-15;/h5-6,11,15H,2-4,7-10,12-14H2,1H3,(H,20,22);1H. The molecule has 1 spiro atoms. The first-order valence-electron chi connectivity index (χ1n) is 9.30. The van der Waals surface area contributed by atoms with E-state index in [1.807, 2.05) is 19.3 Å². The maximum Gasteiger partial charge on any atom is 0.213 e. The highest BCUT2D eigenvalue weighted by atomic mass is 127. The van der Waals surface area contributed by atoms with Crippen molar-refractivity contribution in [2.75, 3.05) is 26.7 Å². The summed E-state index contributed by atoms with van der Waals surface area (Å²) in [6, 6.07) is 4.06. The molecule has 6 heteroatoms. The van der Waals surface area contributed by atoms with Gasteiger partial charge < -0.3 is 15.0 Å². The third-order valence-electron chi connectivity index (χ3n) is 5.78. The number of hydrogen-bond acceptors (Lipinski definition) is 3. The van der Waals surface area contributed by atoms with Crippen LogP contribution in [0, 0.1) is 11.3 Å². The van der Waals surface area contributed by atoms with Gasteiger partial charge in [-0.05, 0) is 49.0 Å². The molecular formula is C19H29IN4O. The summed E-state index contributed by atoms with van der Waals surface area (Å²) in [5.41, 5.74) is 1.76. The van der Waals surface area contributed by atoms with Crippen LogP contribution in [0.3, 0.4) is 0 Å². The lowest BCUT2D eigenvalue weighted by Gasteiger charge is -2.38. The van der Waals surface area contributed by atoms with E-state index in [4.69, 9.17) is 4.74 Å². The SMILES string of the molecule is CN=C(NCc1ccc(OCC2CC2)nc1)N1CCC2(CCC2)C1.I. The number of guanidine groups is 1. The molecule has 0 unspecified atom stereocenters. The first-order valence-corrected chi connectivity index (χ1v) is 9.30. The van der Waals surface area contributed by atoms with Gasteiger partial charge in [-0.25, -0.2) is 4.98 Å². The van der Waals surface area contributed by atoms with E-state index in [0.717, 1.165) is 43.0 Å². The van der Waals surface area contributed by atoms with Gasteiger partial charge in [0.15, 0.2) is 5.96 Å². The minimum Gasteiger partial charge on any atom is -0.477 e. The van der Waals surface area contributed by atoms with E-state index < -0.39 is 0 Å². The molecule has 25 heavy (non-hydrogen) atoms. The van der Waals surface area contributed by atoms with Crippen LogP contribution in [0.25, 0.3) is 0 Å². The monoisotopic (exact) mass is 456 g/mol. The molecule has 3 aliphatic rings. The van der Waals surface area contributed by atoms with Crippen molar-refractivity contribution in [3.8, 4) is 5.88 Å². The topological polar surface area (TPSA) is 49.8 Å². The average Bonchev–Trinajstić information content (AvgIpc) is 3.30. The molecular weight excluding hydrogens is 427 g/mol. The van der Waals surface area contributed by atoms with Crippen LogP contribution in [-0.4, -0.2) is 42.6 Å². The third kappa shape index (κ3) is 4.57. The predicted octanol–water partition coefficient (Wildman–Crippen LogP) is 3.44. The molecule has 5 nitrogen and oxygen atoms in total. The highest BCUT2D eigenvalue weighted by Crippen LogP contribution is 2.47. The Hall–Kier alpha value is -1.05. The number of ether oxygens (including phenoxy) is 1. The molecule has 0 amide bonds. The van der Waals surface area contributed by atoms with Crippen molar-refractivity contribution in [1.29, 1.82) is 0 Å². The Bertz CT molecular complexity index is 596. The Labute approximate surface area is 167 Å². The van der Waals surface area contributed by atoms with Crippen molar-refractivity contribution in [3.63, 3.8) is 0 Å². The van der Waals surface area contributed by atoms with Gasteiger partial charge in [-0.2, -0.15) is 0 Å². The van der Waals surface area contributed by atoms with Crippen LogP contribution in [0.5, 0.6) is 5.88 Å². The number of nitrogens with one attached hydrogen (secondary N) is 1. The molecule has 2 heterocycles. The normalized spacial score (nSPS) is 21.6. The second-order valence-corrected chi connectivity index (χ2v) is 7.68. The molecule has 0 aromatic carbocycles. The fourth-order valence-electron chi connectivity index (χ4n) is 3.80. The van der Waals surface area contributed by atoms with E-state index >= 15 is 0 Å². The molecule has 0 atom stereocenters. The number of likely N-dealkylation sites (tertiary alicyclic amines) is 1. The van der Waals surface area contributed by atoms with Gasteiger partial charge in [-0.15, -0.1) is 24.0 Å². The summed E-state index contributed by atoms with van der Waals surface area (Å²) in [5, 5.41) is 3.49. The Kier molecular flexibility index (Phi) is 6.07. The van der Waals surface area contributed by atoms with Crippen LogP contribution < -0.4 is 10.1 Å². The first kappa shape index (κ1) is 18.7. The molecule has 1 N–H and O–H groups in total. The summed E-state index contributed by atoms with van der Waals surface area (Å²) in [5.74, 6) is 2.52. The minimum absolute atomic E-state index is 0. The van der Waals surface area contributed by atoms with E-state index in [9.17, 15) is 0 Å². The number of hydrogen-bond donors (Lipinski definition) is 1. The van der Waals surface area contributed by atoms with Crippen molar-refractivity contribution in [2.45, 2.75) is 45.1 Å². The average molecular weight is 456 g/mol. The maximum atomic E-state index is 5.69. The third-order valence-corrected chi connectivity index (χ3v) is 5.78. The van der Waals surface area contributed by atoms with Crippen LogP contribution in [0.15, 0.2) is 23.3 Å². The van der Waals surface area contributed by atoms with Crippen molar-refractivity contribution in [2.24, 2.45) is 16.3 Å². The lowest BCUT2D eigenvalue weighted by atomic mass is 9.68. The molecule has 4 rings (SSSR count). The number of halogens is 1. The molecule has 1 aliphatic heterocycles. The van der Waals surface area contributed by atoms with E-state index in [2.05, 4.69) is 26.3 Å². The van der Waals surface area contributed by atoms with Crippen molar-refractivity contribution in [3.05, 3.63) is 23.9 Å². The molecule has 1 aromatic rings. The van der Waals surface area contributed by atoms with E-state index in [1.54, 1.807) is 0 Å². The summed E-state index contributed by atoms with van der Waals surface area (Å²) < 4.78 is 5.69. The van der Waals surface area contributed by atoms with Gasteiger partial charge in [0.1, 0.15) is 0 Å². The quantitative estimate of drug-likeness (QED) is 0.419. The second-order valence-electron chi connectivity index (χ2n) is 7.68. The van der Waals surface area contributed by atoms with Crippen LogP contribution in [0.4, 0.5) is 0 Å². The van der Waals surface area contributed by atoms with Crippen LogP contribution in [0.2, 0.25) is 0 Å². The van der Waals surface area contributed by atoms with Crippen LogP contribution >= 0.6 is 24.0 Å². The number of aromatic nitrogens is 1. The molecule has 2 aliphatic carbocycles. The summed E-state index contributed by atoms with van der Waals surface area (Å²) in [6.45, 7) is 3.87. The zero-order valence-corrected chi connectivity index (χ0v) is 17.4. The molecule has 1 saturated heterocycles. The molecule has 138 valence electrons. The van der Waals surface area contributed by atoms with Crippen LogP contribution in [-0.2, 0) is 6.54 Å². The summed E-state index contributed by atoms with van der Waals surface area (Å²) >= 11 is 0. The van der Waals surface area contributed by atoms with Gasteiger partial charge in [-0.1, -0.05) is 12.5 Å². The Balaban J connectivity index is 0.00000182. The maximum absolute atomic E-state index is 5.69. The highest BCUT2D eigenvalue weighted by molar-refractivity contribution is 14.0. The fourth-order valence-corrected chi connectivity index (χ4v) is 3.80. The highest BCUT2D eigenvalue weighted by Gasteiger charge is 2.43. The molecule has 1 aromatic heterocycles. The molecule has 2 saturated carbocycles. The smallest absolute Gasteiger partial charge is 0.213 e. The van der Waals surface area contributed by atoms with Crippen molar-refractivity contribution < 1.29 is 4.74 Å². The number of pyridine rings is 1. The predicted molar refractivity (Wildman–Crippen MR) is 111 cm³/mol. The molecule has 3 fully saturated rings. The first-order chi connectivity index (χ1) is 11.8. The van der Waals surface area contributed by atoms with Crippen LogP contribution in [0.1, 0.15) is 44.1 Å².